The highest BCUT2D eigenvalue weighted by atomic mass is 16.2. The van der Waals surface area contributed by atoms with Gasteiger partial charge in [-0.15, -0.1) is 0 Å². The minimum Gasteiger partial charge on any atom is -0.338 e. The van der Waals surface area contributed by atoms with E-state index in [9.17, 15) is 4.79 Å². The maximum absolute atomic E-state index is 12.0. The van der Waals surface area contributed by atoms with E-state index in [0.29, 0.717) is 6.54 Å². The Morgan fingerprint density at radius 1 is 1.29 bits per heavy atom. The first-order valence-corrected chi connectivity index (χ1v) is 7.99. The second kappa shape index (κ2) is 6.74. The van der Waals surface area contributed by atoms with Gasteiger partial charge in [-0.3, -0.25) is 4.68 Å². The summed E-state index contributed by atoms with van der Waals surface area (Å²) in [5.41, 5.74) is 3.87. The Balaban J connectivity index is 1.51. The van der Waals surface area contributed by atoms with E-state index in [1.165, 1.54) is 0 Å². The van der Waals surface area contributed by atoms with Crippen molar-refractivity contribution in [3.8, 4) is 0 Å². The molecule has 0 radical (unpaired) electrons. The van der Waals surface area contributed by atoms with Gasteiger partial charge in [-0.2, -0.15) is 5.10 Å². The molecule has 0 aliphatic heterocycles. The maximum Gasteiger partial charge on any atom is 0.319 e. The van der Waals surface area contributed by atoms with Crippen LogP contribution in [0.2, 0.25) is 0 Å². The molecule has 0 saturated carbocycles. The maximum atomic E-state index is 12.0. The van der Waals surface area contributed by atoms with Crippen LogP contribution in [0.25, 0.3) is 10.9 Å². The van der Waals surface area contributed by atoms with Gasteiger partial charge in [0.05, 0.1) is 17.5 Å². The molecule has 2 amide bonds. The molecule has 0 aliphatic carbocycles. The highest BCUT2D eigenvalue weighted by molar-refractivity contribution is 5.93. The molecule has 7 heteroatoms. The van der Waals surface area contributed by atoms with Gasteiger partial charge < -0.3 is 15.2 Å². The molecular formula is C17H22N6O. The molecule has 24 heavy (non-hydrogen) atoms. The predicted molar refractivity (Wildman–Crippen MR) is 94.1 cm³/mol. The number of hydrogen-bond acceptors (Lipinski definition) is 3. The summed E-state index contributed by atoms with van der Waals surface area (Å²) in [6, 6.07) is 5.61. The van der Waals surface area contributed by atoms with Crippen molar-refractivity contribution in [3.63, 3.8) is 0 Å². The van der Waals surface area contributed by atoms with Crippen LogP contribution in [0.15, 0.2) is 30.7 Å². The third kappa shape index (κ3) is 3.40. The molecule has 1 aromatic carbocycles. The van der Waals surface area contributed by atoms with Gasteiger partial charge in [-0.05, 0) is 38.5 Å². The molecular weight excluding hydrogens is 304 g/mol. The van der Waals surface area contributed by atoms with Crippen LogP contribution in [0.3, 0.4) is 0 Å². The van der Waals surface area contributed by atoms with Crippen LogP contribution in [0.4, 0.5) is 10.5 Å². The van der Waals surface area contributed by atoms with Crippen LogP contribution in [0, 0.1) is 13.8 Å². The summed E-state index contributed by atoms with van der Waals surface area (Å²) >= 11 is 0. The van der Waals surface area contributed by atoms with Crippen molar-refractivity contribution in [2.75, 3.05) is 11.9 Å². The smallest absolute Gasteiger partial charge is 0.319 e. The molecule has 0 unspecified atom stereocenters. The topological polar surface area (TPSA) is 76.8 Å². The summed E-state index contributed by atoms with van der Waals surface area (Å²) in [6.07, 6.45) is 4.49. The highest BCUT2D eigenvalue weighted by Crippen LogP contribution is 2.21. The van der Waals surface area contributed by atoms with Crippen molar-refractivity contribution in [1.82, 2.24) is 24.6 Å². The van der Waals surface area contributed by atoms with Crippen LogP contribution in [-0.2, 0) is 13.6 Å². The Morgan fingerprint density at radius 2 is 2.12 bits per heavy atom. The number of nitrogens with one attached hydrogen (secondary N) is 2. The van der Waals surface area contributed by atoms with E-state index in [1.54, 1.807) is 6.33 Å². The zero-order valence-corrected chi connectivity index (χ0v) is 14.2. The molecule has 0 bridgehead atoms. The minimum absolute atomic E-state index is 0.199. The zero-order valence-electron chi connectivity index (χ0n) is 14.2. The number of nitrogens with zero attached hydrogens (tertiary/aromatic N) is 4. The predicted octanol–water partition coefficient (Wildman–Crippen LogP) is 2.60. The number of rotatable bonds is 5. The largest absolute Gasteiger partial charge is 0.338 e. The fourth-order valence-electron chi connectivity index (χ4n) is 2.76. The quantitative estimate of drug-likeness (QED) is 0.708. The lowest BCUT2D eigenvalue weighted by molar-refractivity contribution is 0.252. The summed E-state index contributed by atoms with van der Waals surface area (Å²) in [6.45, 7) is 5.44. The number of fused-ring (bicyclic) bond motifs is 1. The molecule has 2 N–H and O–H groups in total. The van der Waals surface area contributed by atoms with Gasteiger partial charge in [0.1, 0.15) is 0 Å². The number of carbonyl (C=O) groups excluding carboxylic acids is 1. The lowest BCUT2D eigenvalue weighted by Gasteiger charge is -2.09. The summed E-state index contributed by atoms with van der Waals surface area (Å²) in [7, 11) is 1.90. The molecule has 2 aromatic heterocycles. The number of urea groups is 1. The number of carbonyl (C=O) groups is 1. The lowest BCUT2D eigenvalue weighted by atomic mass is 10.2. The number of imidazole rings is 1. The number of aryl methyl sites for hydroxylation is 4. The van der Waals surface area contributed by atoms with Crippen LogP contribution in [-0.4, -0.2) is 31.9 Å². The molecule has 0 atom stereocenters. The van der Waals surface area contributed by atoms with Gasteiger partial charge in [-0.25, -0.2) is 9.78 Å². The molecule has 3 aromatic rings. The average molecular weight is 326 g/mol. The monoisotopic (exact) mass is 326 g/mol. The van der Waals surface area contributed by atoms with Gasteiger partial charge in [-0.1, -0.05) is 0 Å². The van der Waals surface area contributed by atoms with E-state index in [1.807, 2.05) is 50.0 Å². The van der Waals surface area contributed by atoms with Gasteiger partial charge in [0.25, 0.3) is 0 Å². The van der Waals surface area contributed by atoms with Crippen LogP contribution in [0.5, 0.6) is 0 Å². The molecule has 126 valence electrons. The summed E-state index contributed by atoms with van der Waals surface area (Å²) in [4.78, 5) is 16.1. The van der Waals surface area contributed by atoms with Crippen molar-refractivity contribution in [1.29, 1.82) is 0 Å². The Labute approximate surface area is 140 Å². The van der Waals surface area contributed by atoms with E-state index in [4.69, 9.17) is 0 Å². The van der Waals surface area contributed by atoms with Gasteiger partial charge in [0.15, 0.2) is 0 Å². The first-order chi connectivity index (χ1) is 11.5. The summed E-state index contributed by atoms with van der Waals surface area (Å²) < 4.78 is 3.89. The molecule has 0 fully saturated rings. The Bertz CT molecular complexity index is 863. The van der Waals surface area contributed by atoms with Crippen molar-refractivity contribution in [2.45, 2.75) is 26.8 Å². The molecule has 0 saturated heterocycles. The SMILES string of the molecule is Cc1nn(C)c2cc(NC(=O)NCCCn3cncc3C)ccc12. The third-order valence-electron chi connectivity index (χ3n) is 4.08. The number of amides is 2. The third-order valence-corrected chi connectivity index (χ3v) is 4.08. The fourth-order valence-corrected chi connectivity index (χ4v) is 2.76. The number of anilines is 1. The van der Waals surface area contributed by atoms with E-state index in [-0.39, 0.29) is 6.03 Å². The van der Waals surface area contributed by atoms with Gasteiger partial charge in [0, 0.05) is 43.1 Å². The Kier molecular flexibility index (Phi) is 4.50. The van der Waals surface area contributed by atoms with Crippen LogP contribution >= 0.6 is 0 Å². The van der Waals surface area contributed by atoms with Crippen molar-refractivity contribution in [3.05, 3.63) is 42.1 Å². The Hall–Kier alpha value is -2.83. The first-order valence-electron chi connectivity index (χ1n) is 7.99. The van der Waals surface area contributed by atoms with Crippen LogP contribution < -0.4 is 10.6 Å². The molecule has 3 rings (SSSR count). The lowest BCUT2D eigenvalue weighted by Crippen LogP contribution is -2.30. The molecule has 0 spiro atoms. The van der Waals surface area contributed by atoms with Crippen molar-refractivity contribution < 1.29 is 4.79 Å². The molecule has 7 nitrogen and oxygen atoms in total. The van der Waals surface area contributed by atoms with Gasteiger partial charge >= 0.3 is 6.03 Å². The van der Waals surface area contributed by atoms with E-state index in [0.717, 1.165) is 40.9 Å². The summed E-state index contributed by atoms with van der Waals surface area (Å²) in [5.74, 6) is 0. The number of benzene rings is 1. The second-order valence-electron chi connectivity index (χ2n) is 5.90. The normalized spacial score (nSPS) is 11.0. The number of aromatic nitrogens is 4. The van der Waals surface area contributed by atoms with E-state index in [2.05, 4.69) is 25.3 Å². The van der Waals surface area contributed by atoms with Crippen molar-refractivity contribution >= 4 is 22.6 Å². The van der Waals surface area contributed by atoms with E-state index < -0.39 is 0 Å². The second-order valence-corrected chi connectivity index (χ2v) is 5.90. The minimum atomic E-state index is -0.199. The Morgan fingerprint density at radius 3 is 2.88 bits per heavy atom. The van der Waals surface area contributed by atoms with Gasteiger partial charge in [0.2, 0.25) is 0 Å². The fraction of sp³-hybridized carbons (Fsp3) is 0.353. The highest BCUT2D eigenvalue weighted by Gasteiger charge is 2.07. The standard InChI is InChI=1S/C17H22N6O/c1-12-10-18-11-23(12)8-4-7-19-17(24)20-14-5-6-15-13(2)21-22(3)16(15)9-14/h5-6,9-11H,4,7-8H2,1-3H3,(H2,19,20,24). The number of hydrogen-bond donors (Lipinski definition) is 2. The molecule has 2 heterocycles. The van der Waals surface area contributed by atoms with Crippen LogP contribution in [0.1, 0.15) is 17.8 Å². The molecule has 0 aliphatic rings. The van der Waals surface area contributed by atoms with Crippen molar-refractivity contribution in [2.24, 2.45) is 7.05 Å². The summed E-state index contributed by atoms with van der Waals surface area (Å²) in [5, 5.41) is 11.2. The van der Waals surface area contributed by atoms with E-state index >= 15 is 0 Å². The average Bonchev–Trinajstić information content (AvgIpc) is 3.08. The first kappa shape index (κ1) is 16.0. The zero-order chi connectivity index (χ0) is 17.1.